The van der Waals surface area contributed by atoms with Crippen LogP contribution in [0.4, 0.5) is 11.4 Å². The second-order valence-electron chi connectivity index (χ2n) is 6.09. The Labute approximate surface area is 179 Å². The monoisotopic (exact) mass is 499 g/mol. The number of nitrogens with one attached hydrogen (secondary N) is 1. The topological polar surface area (TPSA) is 109 Å². The number of nitrogens with zero attached hydrogens (tertiary/aromatic N) is 2. The quantitative estimate of drug-likeness (QED) is 0.168. The van der Waals surface area contributed by atoms with Crippen molar-refractivity contribution < 1.29 is 14.1 Å². The fourth-order valence-corrected chi connectivity index (χ4v) is 3.00. The van der Waals surface area contributed by atoms with Crippen LogP contribution in [0.15, 0.2) is 64.6 Å². The molecule has 0 unspecified atom stereocenters. The number of hydrogen-bond acceptors (Lipinski definition) is 5. The predicted octanol–water partition coefficient (Wildman–Crippen LogP) is 5.31. The molecule has 3 rings (SSSR count). The van der Waals surface area contributed by atoms with E-state index in [4.69, 9.17) is 4.42 Å². The van der Waals surface area contributed by atoms with E-state index in [1.54, 1.807) is 37.3 Å². The van der Waals surface area contributed by atoms with Crippen molar-refractivity contribution in [2.75, 3.05) is 5.32 Å². The lowest BCUT2D eigenvalue weighted by molar-refractivity contribution is -0.384. The van der Waals surface area contributed by atoms with E-state index >= 15 is 0 Å². The van der Waals surface area contributed by atoms with E-state index in [9.17, 15) is 20.2 Å². The number of amides is 1. The maximum Gasteiger partial charge on any atom is 0.269 e. The molecule has 144 valence electrons. The minimum Gasteiger partial charge on any atom is -0.457 e. The zero-order chi connectivity index (χ0) is 21.0. The van der Waals surface area contributed by atoms with Crippen molar-refractivity contribution in [1.29, 1.82) is 5.26 Å². The molecular weight excluding hydrogens is 485 g/mol. The zero-order valence-corrected chi connectivity index (χ0v) is 17.3. The van der Waals surface area contributed by atoms with Crippen molar-refractivity contribution in [3.05, 3.63) is 85.2 Å². The van der Waals surface area contributed by atoms with Crippen molar-refractivity contribution in [1.82, 2.24) is 0 Å². The van der Waals surface area contributed by atoms with Gasteiger partial charge < -0.3 is 9.73 Å². The first kappa shape index (κ1) is 20.3. The largest absolute Gasteiger partial charge is 0.457 e. The third kappa shape index (κ3) is 4.89. The maximum atomic E-state index is 12.4. The summed E-state index contributed by atoms with van der Waals surface area (Å²) in [5.41, 5.74) is 1.85. The zero-order valence-electron chi connectivity index (χ0n) is 15.2. The molecule has 1 N–H and O–H groups in total. The van der Waals surface area contributed by atoms with Crippen LogP contribution in [0.5, 0.6) is 0 Å². The SMILES string of the molecule is Cc1cc([N+](=O)[O-])ccc1-c1ccc(/C=C(/C#N)C(=O)Nc2ccc(I)cc2)o1. The average molecular weight is 499 g/mol. The van der Waals surface area contributed by atoms with Crippen LogP contribution in [-0.2, 0) is 4.79 Å². The van der Waals surface area contributed by atoms with E-state index in [-0.39, 0.29) is 11.3 Å². The highest BCUT2D eigenvalue weighted by Gasteiger charge is 2.14. The van der Waals surface area contributed by atoms with Gasteiger partial charge >= 0.3 is 0 Å². The molecule has 0 saturated carbocycles. The van der Waals surface area contributed by atoms with E-state index in [1.165, 1.54) is 18.2 Å². The summed E-state index contributed by atoms with van der Waals surface area (Å²) >= 11 is 2.16. The highest BCUT2D eigenvalue weighted by molar-refractivity contribution is 14.1. The summed E-state index contributed by atoms with van der Waals surface area (Å²) in [6.45, 7) is 1.75. The number of halogens is 1. The van der Waals surface area contributed by atoms with Crippen LogP contribution in [0.1, 0.15) is 11.3 Å². The molecule has 2 aromatic carbocycles. The second-order valence-corrected chi connectivity index (χ2v) is 7.33. The Kier molecular flexibility index (Phi) is 6.09. The van der Waals surface area contributed by atoms with Gasteiger partial charge in [-0.2, -0.15) is 5.26 Å². The van der Waals surface area contributed by atoms with Crippen LogP contribution in [-0.4, -0.2) is 10.8 Å². The van der Waals surface area contributed by atoms with Gasteiger partial charge in [0.1, 0.15) is 23.2 Å². The Morgan fingerprint density at radius 2 is 1.93 bits per heavy atom. The fourth-order valence-electron chi connectivity index (χ4n) is 2.64. The predicted molar refractivity (Wildman–Crippen MR) is 117 cm³/mol. The van der Waals surface area contributed by atoms with Crippen LogP contribution in [0.25, 0.3) is 17.4 Å². The molecule has 0 spiro atoms. The highest BCUT2D eigenvalue weighted by atomic mass is 127. The normalized spacial score (nSPS) is 11.0. The van der Waals surface area contributed by atoms with Crippen LogP contribution in [0.3, 0.4) is 0 Å². The first-order valence-electron chi connectivity index (χ1n) is 8.41. The lowest BCUT2D eigenvalue weighted by Gasteiger charge is -2.04. The smallest absolute Gasteiger partial charge is 0.269 e. The number of anilines is 1. The van der Waals surface area contributed by atoms with Crippen molar-refractivity contribution in [2.45, 2.75) is 6.92 Å². The van der Waals surface area contributed by atoms with Crippen molar-refractivity contribution >= 4 is 45.9 Å². The van der Waals surface area contributed by atoms with Gasteiger partial charge in [0.05, 0.1) is 4.92 Å². The van der Waals surface area contributed by atoms with Gasteiger partial charge in [0.15, 0.2) is 0 Å². The number of carbonyl (C=O) groups excluding carboxylic acids is 1. The van der Waals surface area contributed by atoms with E-state index in [1.807, 2.05) is 18.2 Å². The Bertz CT molecular complexity index is 1160. The molecule has 0 fully saturated rings. The van der Waals surface area contributed by atoms with E-state index in [2.05, 4.69) is 27.9 Å². The summed E-state index contributed by atoms with van der Waals surface area (Å²) in [7, 11) is 0. The standard InChI is InChI=1S/C21H14IN3O4/c1-13-10-17(25(27)28)6-8-19(13)20-9-7-18(29-20)11-14(12-23)21(26)24-16-4-2-15(22)3-5-16/h2-11H,1H3,(H,24,26)/b14-11-. The Balaban J connectivity index is 1.82. The fraction of sp³-hybridized carbons (Fsp3) is 0.0476. The number of carbonyl (C=O) groups is 1. The number of non-ortho nitro benzene ring substituents is 1. The molecule has 0 aliphatic carbocycles. The number of nitro groups is 1. The highest BCUT2D eigenvalue weighted by Crippen LogP contribution is 2.29. The van der Waals surface area contributed by atoms with Crippen molar-refractivity contribution in [2.24, 2.45) is 0 Å². The van der Waals surface area contributed by atoms with Crippen LogP contribution >= 0.6 is 22.6 Å². The number of rotatable bonds is 5. The minimum atomic E-state index is -0.543. The molecule has 0 aliphatic heterocycles. The molecule has 1 amide bonds. The number of aryl methyl sites for hydroxylation is 1. The molecule has 0 bridgehead atoms. The number of hydrogen-bond donors (Lipinski definition) is 1. The van der Waals surface area contributed by atoms with Crippen LogP contribution in [0, 0.1) is 31.9 Å². The summed E-state index contributed by atoms with van der Waals surface area (Å²) in [6, 6.07) is 16.8. The molecule has 0 aliphatic rings. The summed E-state index contributed by atoms with van der Waals surface area (Å²) in [6.07, 6.45) is 1.35. The lowest BCUT2D eigenvalue weighted by atomic mass is 10.1. The number of benzene rings is 2. The number of nitriles is 1. The minimum absolute atomic E-state index is 0.00281. The number of nitro benzene ring substituents is 1. The molecule has 0 saturated heterocycles. The molecule has 7 nitrogen and oxygen atoms in total. The van der Waals surface area contributed by atoms with Gasteiger partial charge in [-0.1, -0.05) is 0 Å². The molecule has 29 heavy (non-hydrogen) atoms. The molecule has 0 radical (unpaired) electrons. The third-order valence-corrected chi connectivity index (χ3v) is 4.79. The average Bonchev–Trinajstić information content (AvgIpc) is 3.16. The molecule has 3 aromatic rings. The van der Waals surface area contributed by atoms with Gasteiger partial charge in [-0.15, -0.1) is 0 Å². The van der Waals surface area contributed by atoms with Gasteiger partial charge in [0.25, 0.3) is 11.6 Å². The Hall–Kier alpha value is -3.45. The van der Waals surface area contributed by atoms with Crippen molar-refractivity contribution in [3.63, 3.8) is 0 Å². The maximum absolute atomic E-state index is 12.4. The van der Waals surface area contributed by atoms with E-state index in [0.717, 1.165) is 3.57 Å². The Morgan fingerprint density at radius 3 is 2.55 bits per heavy atom. The van der Waals surface area contributed by atoms with Gasteiger partial charge in [0.2, 0.25) is 0 Å². The molecule has 8 heteroatoms. The summed E-state index contributed by atoms with van der Waals surface area (Å²) in [5.74, 6) is 0.268. The second kappa shape index (κ2) is 8.70. The van der Waals surface area contributed by atoms with Gasteiger partial charge in [-0.25, -0.2) is 0 Å². The third-order valence-electron chi connectivity index (χ3n) is 4.07. The first-order valence-corrected chi connectivity index (χ1v) is 9.49. The van der Waals surface area contributed by atoms with Crippen LogP contribution in [0.2, 0.25) is 0 Å². The van der Waals surface area contributed by atoms with E-state index < -0.39 is 10.8 Å². The summed E-state index contributed by atoms with van der Waals surface area (Å²) < 4.78 is 6.75. The van der Waals surface area contributed by atoms with Crippen molar-refractivity contribution in [3.8, 4) is 17.4 Å². The van der Waals surface area contributed by atoms with Gasteiger partial charge in [-0.05, 0) is 77.5 Å². The van der Waals surface area contributed by atoms with Gasteiger partial charge in [0, 0.05) is 33.0 Å². The molecule has 0 atom stereocenters. The molecule has 1 heterocycles. The molecule has 1 aromatic heterocycles. The lowest BCUT2D eigenvalue weighted by Crippen LogP contribution is -2.13. The van der Waals surface area contributed by atoms with Crippen LogP contribution < -0.4 is 5.32 Å². The Morgan fingerprint density at radius 1 is 1.21 bits per heavy atom. The molecular formula is C21H14IN3O4. The van der Waals surface area contributed by atoms with Gasteiger partial charge in [-0.3, -0.25) is 14.9 Å². The van der Waals surface area contributed by atoms with E-state index in [0.29, 0.717) is 28.3 Å². The first-order chi connectivity index (χ1) is 13.9. The number of furan rings is 1. The summed E-state index contributed by atoms with van der Waals surface area (Å²) in [5, 5.41) is 22.9. The summed E-state index contributed by atoms with van der Waals surface area (Å²) in [4.78, 5) is 22.8.